The van der Waals surface area contributed by atoms with Gasteiger partial charge in [-0.1, -0.05) is 45.0 Å². The fourth-order valence-corrected chi connectivity index (χ4v) is 3.87. The summed E-state index contributed by atoms with van der Waals surface area (Å²) >= 11 is 0. The first-order chi connectivity index (χ1) is 11.8. The van der Waals surface area contributed by atoms with E-state index in [4.69, 9.17) is 0 Å². The molecule has 1 aromatic rings. The average molecular weight is 344 g/mol. The molecule has 1 aliphatic carbocycles. The lowest BCUT2D eigenvalue weighted by molar-refractivity contribution is -0.143. The maximum absolute atomic E-state index is 12.8. The van der Waals surface area contributed by atoms with Gasteiger partial charge >= 0.3 is 0 Å². The van der Waals surface area contributed by atoms with E-state index in [9.17, 15) is 14.7 Å². The summed E-state index contributed by atoms with van der Waals surface area (Å²) in [6.07, 6.45) is 1.60. The van der Waals surface area contributed by atoms with Gasteiger partial charge in [-0.15, -0.1) is 0 Å². The SMILES string of the molecule is CC(C)(C)C(=O)N1CCC[C@H](C(=O)N[C@@H]2c3ccccc3C[C@@H]2O)C1. The van der Waals surface area contributed by atoms with E-state index < -0.39 is 11.5 Å². The van der Waals surface area contributed by atoms with E-state index in [1.807, 2.05) is 49.9 Å². The van der Waals surface area contributed by atoms with Crippen molar-refractivity contribution in [3.05, 3.63) is 35.4 Å². The third-order valence-electron chi connectivity index (χ3n) is 5.22. The molecule has 136 valence electrons. The molecule has 1 aliphatic heterocycles. The lowest BCUT2D eigenvalue weighted by atomic mass is 9.90. The van der Waals surface area contributed by atoms with Crippen LogP contribution < -0.4 is 5.32 Å². The number of hydrogen-bond donors (Lipinski definition) is 2. The number of carbonyl (C=O) groups excluding carboxylic acids is 2. The van der Waals surface area contributed by atoms with Crippen LogP contribution in [0.25, 0.3) is 0 Å². The monoisotopic (exact) mass is 344 g/mol. The van der Waals surface area contributed by atoms with Crippen LogP contribution in [-0.4, -0.2) is 41.0 Å². The van der Waals surface area contributed by atoms with E-state index >= 15 is 0 Å². The molecular weight excluding hydrogens is 316 g/mol. The van der Waals surface area contributed by atoms with E-state index in [0.717, 1.165) is 30.5 Å². The number of likely N-dealkylation sites (tertiary alicyclic amines) is 1. The molecule has 0 radical (unpaired) electrons. The molecule has 0 bridgehead atoms. The molecule has 2 N–H and O–H groups in total. The lowest BCUT2D eigenvalue weighted by Crippen LogP contribution is -2.49. The molecule has 0 saturated carbocycles. The second kappa shape index (κ2) is 6.79. The minimum atomic E-state index is -0.586. The van der Waals surface area contributed by atoms with Crippen LogP contribution >= 0.6 is 0 Å². The normalized spacial score (nSPS) is 26.2. The summed E-state index contributed by atoms with van der Waals surface area (Å²) in [4.78, 5) is 27.1. The number of nitrogens with zero attached hydrogens (tertiary/aromatic N) is 1. The lowest BCUT2D eigenvalue weighted by Gasteiger charge is -2.36. The molecule has 3 rings (SSSR count). The number of rotatable bonds is 2. The fourth-order valence-electron chi connectivity index (χ4n) is 3.87. The minimum absolute atomic E-state index is 0.0628. The third-order valence-corrected chi connectivity index (χ3v) is 5.22. The van der Waals surface area contributed by atoms with Crippen LogP contribution in [0.3, 0.4) is 0 Å². The Kier molecular flexibility index (Phi) is 4.87. The van der Waals surface area contributed by atoms with Gasteiger partial charge in [0.1, 0.15) is 0 Å². The van der Waals surface area contributed by atoms with Crippen LogP contribution in [-0.2, 0) is 16.0 Å². The minimum Gasteiger partial charge on any atom is -0.390 e. The molecular formula is C20H28N2O3. The van der Waals surface area contributed by atoms with Crippen LogP contribution in [0.2, 0.25) is 0 Å². The summed E-state index contributed by atoms with van der Waals surface area (Å²) in [5.74, 6) is -0.177. The van der Waals surface area contributed by atoms with E-state index in [1.54, 1.807) is 0 Å². The molecule has 5 heteroatoms. The van der Waals surface area contributed by atoms with Gasteiger partial charge in [0.15, 0.2) is 0 Å². The molecule has 0 aromatic heterocycles. The second-order valence-electron chi connectivity index (χ2n) is 8.30. The topological polar surface area (TPSA) is 69.6 Å². The number of fused-ring (bicyclic) bond motifs is 1. The predicted octanol–water partition coefficient (Wildman–Crippen LogP) is 2.05. The second-order valence-corrected chi connectivity index (χ2v) is 8.30. The largest absolute Gasteiger partial charge is 0.390 e. The van der Waals surface area contributed by atoms with Gasteiger partial charge in [0, 0.05) is 24.9 Å². The summed E-state index contributed by atoms with van der Waals surface area (Å²) < 4.78 is 0. The molecule has 1 fully saturated rings. The maximum atomic E-state index is 12.8. The van der Waals surface area contributed by atoms with Gasteiger partial charge in [0.05, 0.1) is 18.1 Å². The molecule has 3 atom stereocenters. The van der Waals surface area contributed by atoms with Crippen molar-refractivity contribution in [2.24, 2.45) is 11.3 Å². The zero-order valence-corrected chi connectivity index (χ0v) is 15.3. The number of aliphatic hydroxyl groups excluding tert-OH is 1. The molecule has 25 heavy (non-hydrogen) atoms. The number of nitrogens with one attached hydrogen (secondary N) is 1. The highest BCUT2D eigenvalue weighted by atomic mass is 16.3. The number of aliphatic hydroxyl groups is 1. The quantitative estimate of drug-likeness (QED) is 0.863. The maximum Gasteiger partial charge on any atom is 0.227 e. The Balaban J connectivity index is 1.66. The van der Waals surface area contributed by atoms with E-state index in [0.29, 0.717) is 13.0 Å². The molecule has 2 aliphatic rings. The van der Waals surface area contributed by atoms with Crippen molar-refractivity contribution in [3.63, 3.8) is 0 Å². The number of hydrogen-bond acceptors (Lipinski definition) is 3. The summed E-state index contributed by atoms with van der Waals surface area (Å²) in [5, 5.41) is 13.4. The predicted molar refractivity (Wildman–Crippen MR) is 95.8 cm³/mol. The Morgan fingerprint density at radius 1 is 1.24 bits per heavy atom. The fraction of sp³-hybridized carbons (Fsp3) is 0.600. The van der Waals surface area contributed by atoms with Crippen LogP contribution in [0.4, 0.5) is 0 Å². The standard InChI is InChI=1S/C20H28N2O3/c1-20(2,3)19(25)22-10-6-8-14(12-22)18(24)21-17-15-9-5-4-7-13(15)11-16(17)23/h4-5,7,9,14,16-17,23H,6,8,10-12H2,1-3H3,(H,21,24)/t14-,16-,17+/m0/s1. The number of piperidine rings is 1. The van der Waals surface area contributed by atoms with Crippen LogP contribution in [0.1, 0.15) is 50.8 Å². The molecule has 2 amide bonds. The summed E-state index contributed by atoms with van der Waals surface area (Å²) in [7, 11) is 0. The Morgan fingerprint density at radius 2 is 1.96 bits per heavy atom. The zero-order valence-electron chi connectivity index (χ0n) is 15.3. The smallest absolute Gasteiger partial charge is 0.227 e. The highest BCUT2D eigenvalue weighted by molar-refractivity contribution is 5.84. The van der Waals surface area contributed by atoms with E-state index in [2.05, 4.69) is 5.32 Å². The Hall–Kier alpha value is -1.88. The summed E-state index contributed by atoms with van der Waals surface area (Å²) in [5.41, 5.74) is 1.66. The molecule has 1 aromatic carbocycles. The van der Waals surface area contributed by atoms with Gasteiger partial charge in [0.2, 0.25) is 11.8 Å². The van der Waals surface area contributed by atoms with Crippen molar-refractivity contribution in [3.8, 4) is 0 Å². The van der Waals surface area contributed by atoms with Crippen molar-refractivity contribution < 1.29 is 14.7 Å². The number of amides is 2. The van der Waals surface area contributed by atoms with Gasteiger partial charge < -0.3 is 15.3 Å². The Bertz CT molecular complexity index is 665. The molecule has 0 spiro atoms. The van der Waals surface area contributed by atoms with Crippen LogP contribution in [0.5, 0.6) is 0 Å². The molecule has 0 unspecified atom stereocenters. The first-order valence-corrected chi connectivity index (χ1v) is 9.13. The van der Waals surface area contributed by atoms with Crippen molar-refractivity contribution in [1.29, 1.82) is 0 Å². The van der Waals surface area contributed by atoms with Gasteiger partial charge in [-0.05, 0) is 24.0 Å². The highest BCUT2D eigenvalue weighted by Crippen LogP contribution is 2.32. The summed E-state index contributed by atoms with van der Waals surface area (Å²) in [6.45, 7) is 6.90. The Morgan fingerprint density at radius 3 is 2.68 bits per heavy atom. The van der Waals surface area contributed by atoms with E-state index in [-0.39, 0.29) is 23.8 Å². The van der Waals surface area contributed by atoms with Gasteiger partial charge in [-0.2, -0.15) is 0 Å². The van der Waals surface area contributed by atoms with Crippen LogP contribution in [0.15, 0.2) is 24.3 Å². The van der Waals surface area contributed by atoms with Gasteiger partial charge in [0.25, 0.3) is 0 Å². The third kappa shape index (κ3) is 3.71. The first kappa shape index (κ1) is 17.9. The van der Waals surface area contributed by atoms with Crippen molar-refractivity contribution in [1.82, 2.24) is 10.2 Å². The first-order valence-electron chi connectivity index (χ1n) is 9.13. The molecule has 1 heterocycles. The van der Waals surface area contributed by atoms with Crippen molar-refractivity contribution >= 4 is 11.8 Å². The summed E-state index contributed by atoms with van der Waals surface area (Å²) in [6, 6.07) is 7.49. The van der Waals surface area contributed by atoms with Gasteiger partial charge in [-0.3, -0.25) is 9.59 Å². The average Bonchev–Trinajstić information content (AvgIpc) is 2.89. The van der Waals surface area contributed by atoms with Crippen molar-refractivity contribution in [2.75, 3.05) is 13.1 Å². The highest BCUT2D eigenvalue weighted by Gasteiger charge is 2.36. The molecule has 5 nitrogen and oxygen atoms in total. The van der Waals surface area contributed by atoms with E-state index in [1.165, 1.54) is 0 Å². The number of benzene rings is 1. The Labute approximate surface area is 149 Å². The van der Waals surface area contributed by atoms with Crippen molar-refractivity contribution in [2.45, 2.75) is 52.2 Å². The van der Waals surface area contributed by atoms with Gasteiger partial charge in [-0.25, -0.2) is 0 Å². The van der Waals surface area contributed by atoms with Crippen LogP contribution in [0, 0.1) is 11.3 Å². The number of carbonyl (C=O) groups is 2. The zero-order chi connectivity index (χ0) is 18.2. The molecule has 1 saturated heterocycles.